The molecule has 9 heteroatoms. The monoisotopic (exact) mass is 502 g/mol. The van der Waals surface area contributed by atoms with Crippen LogP contribution >= 0.6 is 0 Å². The molecule has 0 aliphatic carbocycles. The smallest absolute Gasteiger partial charge is 0.231 e. The molecule has 2 aliphatic rings. The van der Waals surface area contributed by atoms with Crippen LogP contribution in [-0.2, 0) is 29.1 Å². The number of hydrogen-bond acceptors (Lipinski definition) is 7. The summed E-state index contributed by atoms with van der Waals surface area (Å²) in [5.74, 6) is 0.0448. The summed E-state index contributed by atoms with van der Waals surface area (Å²) in [4.78, 5) is 31.5. The van der Waals surface area contributed by atoms with Gasteiger partial charge in [-0.2, -0.15) is 0 Å². The normalized spacial score (nSPS) is 15.1. The van der Waals surface area contributed by atoms with Crippen molar-refractivity contribution in [2.45, 2.75) is 31.9 Å². The van der Waals surface area contributed by atoms with Crippen molar-refractivity contribution < 1.29 is 28.5 Å². The van der Waals surface area contributed by atoms with Crippen LogP contribution < -0.4 is 14.9 Å². The number of H-pyrrole nitrogens is 1. The fourth-order valence-corrected chi connectivity index (χ4v) is 5.21. The molecule has 2 N–H and O–H groups in total. The Hall–Kier alpha value is -4.24. The number of amides is 1. The van der Waals surface area contributed by atoms with Crippen molar-refractivity contribution in [3.05, 3.63) is 87.1 Å². The Bertz CT molecular complexity index is 1550. The zero-order valence-corrected chi connectivity index (χ0v) is 20.3. The lowest BCUT2D eigenvalue weighted by Gasteiger charge is -2.29. The van der Waals surface area contributed by atoms with Crippen molar-refractivity contribution in [2.24, 2.45) is 0 Å². The van der Waals surface area contributed by atoms with Crippen molar-refractivity contribution in [3.8, 4) is 17.2 Å². The first-order valence-electron chi connectivity index (χ1n) is 12.1. The molecule has 1 atom stereocenters. The highest BCUT2D eigenvalue weighted by molar-refractivity contribution is 5.86. The number of nitrogens with zero attached hydrogens (tertiary/aromatic N) is 1. The average molecular weight is 503 g/mol. The molecule has 0 radical (unpaired) electrons. The number of benzene rings is 2. The standard InChI is InChI=1S/C28H26N2O7/c1-34-14-17-11-23(31)27(33)28(37-17)20(16-6-7-24-25(10-16)36-15-35-24)12-26(32)30-9-8-19-18-4-2-3-5-21(18)29-22(19)13-30/h2-7,10-11,20,29,33H,8-9,12-15H2,1H3/t20-/m0/s1. The highest BCUT2D eigenvalue weighted by atomic mass is 16.7. The lowest BCUT2D eigenvalue weighted by Crippen LogP contribution is -2.36. The number of aromatic amines is 1. The zero-order chi connectivity index (χ0) is 25.5. The maximum absolute atomic E-state index is 13.7. The van der Waals surface area contributed by atoms with Gasteiger partial charge < -0.3 is 33.6 Å². The summed E-state index contributed by atoms with van der Waals surface area (Å²) >= 11 is 0. The molecule has 6 rings (SSSR count). The van der Waals surface area contributed by atoms with E-state index in [1.165, 1.54) is 24.1 Å². The van der Waals surface area contributed by atoms with Crippen LogP contribution in [0.5, 0.6) is 17.2 Å². The van der Waals surface area contributed by atoms with Gasteiger partial charge in [-0.05, 0) is 35.7 Å². The molecule has 0 unspecified atom stereocenters. The third-order valence-corrected chi connectivity index (χ3v) is 7.02. The summed E-state index contributed by atoms with van der Waals surface area (Å²) in [5.41, 5.74) is 3.39. The molecule has 0 saturated carbocycles. The van der Waals surface area contributed by atoms with Crippen molar-refractivity contribution in [1.29, 1.82) is 0 Å². The molecule has 2 aromatic heterocycles. The van der Waals surface area contributed by atoms with Crippen LogP contribution in [0.15, 0.2) is 57.7 Å². The average Bonchev–Trinajstić information content (AvgIpc) is 3.53. The predicted octanol–water partition coefficient (Wildman–Crippen LogP) is 3.81. The first-order valence-corrected chi connectivity index (χ1v) is 12.1. The Morgan fingerprint density at radius 1 is 1.16 bits per heavy atom. The summed E-state index contributed by atoms with van der Waals surface area (Å²) in [7, 11) is 1.49. The van der Waals surface area contributed by atoms with Crippen LogP contribution in [0.3, 0.4) is 0 Å². The molecular weight excluding hydrogens is 476 g/mol. The van der Waals surface area contributed by atoms with Gasteiger partial charge in [0.15, 0.2) is 17.3 Å². The third-order valence-electron chi connectivity index (χ3n) is 7.02. The van der Waals surface area contributed by atoms with Gasteiger partial charge in [0.05, 0.1) is 12.5 Å². The van der Waals surface area contributed by atoms with Gasteiger partial charge in [-0.3, -0.25) is 9.59 Å². The predicted molar refractivity (Wildman–Crippen MR) is 134 cm³/mol. The highest BCUT2D eigenvalue weighted by Crippen LogP contribution is 2.40. The summed E-state index contributed by atoms with van der Waals surface area (Å²) in [6.07, 6.45) is 0.728. The van der Waals surface area contributed by atoms with Crippen LogP contribution in [0.4, 0.5) is 0 Å². The molecule has 2 aromatic carbocycles. The number of hydrogen-bond donors (Lipinski definition) is 2. The maximum atomic E-state index is 13.7. The summed E-state index contributed by atoms with van der Waals surface area (Å²) in [6, 6.07) is 14.6. The van der Waals surface area contributed by atoms with Gasteiger partial charge in [0.2, 0.25) is 23.9 Å². The molecular formula is C28H26N2O7. The maximum Gasteiger partial charge on any atom is 0.231 e. The van der Waals surface area contributed by atoms with E-state index in [1.807, 2.05) is 18.2 Å². The molecule has 0 fully saturated rings. The van der Waals surface area contributed by atoms with E-state index in [0.29, 0.717) is 30.2 Å². The Labute approximate surface area is 212 Å². The number of nitrogens with one attached hydrogen (secondary N) is 1. The van der Waals surface area contributed by atoms with Crippen molar-refractivity contribution in [1.82, 2.24) is 9.88 Å². The fraction of sp³-hybridized carbons (Fsp3) is 0.286. The van der Waals surface area contributed by atoms with Gasteiger partial charge in [-0.25, -0.2) is 0 Å². The summed E-state index contributed by atoms with van der Waals surface area (Å²) < 4.78 is 22.0. The first kappa shape index (κ1) is 23.2. The summed E-state index contributed by atoms with van der Waals surface area (Å²) in [6.45, 7) is 1.18. The van der Waals surface area contributed by atoms with E-state index in [4.69, 9.17) is 18.6 Å². The number of ether oxygens (including phenoxy) is 3. The van der Waals surface area contributed by atoms with E-state index in [1.54, 1.807) is 23.1 Å². The number of methoxy groups -OCH3 is 1. The van der Waals surface area contributed by atoms with E-state index in [2.05, 4.69) is 11.1 Å². The fourth-order valence-electron chi connectivity index (χ4n) is 5.21. The molecule has 4 heterocycles. The van der Waals surface area contributed by atoms with E-state index in [0.717, 1.165) is 17.6 Å². The quantitative estimate of drug-likeness (QED) is 0.412. The van der Waals surface area contributed by atoms with Gasteiger partial charge in [0.25, 0.3) is 0 Å². The molecule has 37 heavy (non-hydrogen) atoms. The van der Waals surface area contributed by atoms with E-state index < -0.39 is 17.1 Å². The summed E-state index contributed by atoms with van der Waals surface area (Å²) in [5, 5.41) is 11.9. The Balaban J connectivity index is 1.34. The van der Waals surface area contributed by atoms with Crippen LogP contribution in [-0.4, -0.2) is 41.3 Å². The largest absolute Gasteiger partial charge is 0.502 e. The minimum atomic E-state index is -0.726. The topological polar surface area (TPSA) is 114 Å². The van der Waals surface area contributed by atoms with Crippen LogP contribution in [0, 0.1) is 0 Å². The molecule has 2 aliphatic heterocycles. The Kier molecular flexibility index (Phi) is 5.84. The zero-order valence-electron chi connectivity index (χ0n) is 20.3. The minimum Gasteiger partial charge on any atom is -0.502 e. The Morgan fingerprint density at radius 3 is 2.86 bits per heavy atom. The van der Waals surface area contributed by atoms with Gasteiger partial charge in [-0.15, -0.1) is 0 Å². The van der Waals surface area contributed by atoms with Gasteiger partial charge >= 0.3 is 0 Å². The van der Waals surface area contributed by atoms with Crippen LogP contribution in [0.25, 0.3) is 10.9 Å². The first-order chi connectivity index (χ1) is 18.0. The van der Waals surface area contributed by atoms with Gasteiger partial charge in [0, 0.05) is 42.7 Å². The van der Waals surface area contributed by atoms with Crippen LogP contribution in [0.2, 0.25) is 0 Å². The van der Waals surface area contributed by atoms with Crippen molar-refractivity contribution in [2.75, 3.05) is 20.4 Å². The number of aromatic nitrogens is 1. The number of carbonyl (C=O) groups is 1. The molecule has 9 nitrogen and oxygen atoms in total. The molecule has 4 aromatic rings. The van der Waals surface area contributed by atoms with E-state index in [-0.39, 0.29) is 37.2 Å². The second-order valence-corrected chi connectivity index (χ2v) is 9.29. The molecule has 0 bridgehead atoms. The Morgan fingerprint density at radius 2 is 2.00 bits per heavy atom. The molecule has 1 amide bonds. The van der Waals surface area contributed by atoms with Crippen molar-refractivity contribution >= 4 is 16.8 Å². The third kappa shape index (κ3) is 4.21. The lowest BCUT2D eigenvalue weighted by atomic mass is 9.90. The number of carbonyl (C=O) groups excluding carboxylic acids is 1. The van der Waals surface area contributed by atoms with Gasteiger partial charge in [-0.1, -0.05) is 24.3 Å². The molecule has 0 saturated heterocycles. The highest BCUT2D eigenvalue weighted by Gasteiger charge is 2.31. The minimum absolute atomic E-state index is 0.0118. The van der Waals surface area contributed by atoms with E-state index in [9.17, 15) is 14.7 Å². The number of fused-ring (bicyclic) bond motifs is 4. The molecule has 0 spiro atoms. The van der Waals surface area contributed by atoms with Crippen LogP contribution in [0.1, 0.15) is 40.7 Å². The molecule has 190 valence electrons. The number of rotatable bonds is 6. The SMILES string of the molecule is COCc1cc(=O)c(O)c([C@@H](CC(=O)N2CCc3c([nH]c4ccccc34)C2)c2ccc3c(c2)OCO3)o1. The number of para-hydroxylation sites is 1. The second-order valence-electron chi connectivity index (χ2n) is 9.29. The second kappa shape index (κ2) is 9.33. The lowest BCUT2D eigenvalue weighted by molar-refractivity contribution is -0.132. The van der Waals surface area contributed by atoms with Crippen molar-refractivity contribution in [3.63, 3.8) is 0 Å². The van der Waals surface area contributed by atoms with E-state index >= 15 is 0 Å². The van der Waals surface area contributed by atoms with Gasteiger partial charge in [0.1, 0.15) is 12.4 Å². The number of aromatic hydroxyl groups is 1.